The van der Waals surface area contributed by atoms with Crippen LogP contribution in [0.2, 0.25) is 0 Å². The molecule has 2 bridgehead atoms. The maximum Gasteiger partial charge on any atom is 0.311 e. The second kappa shape index (κ2) is 43.4. The number of fused-ring (bicyclic) bond motifs is 2. The zero-order chi connectivity index (χ0) is 71.6. The second-order valence-corrected chi connectivity index (χ2v) is 29.6. The Bertz CT molecular complexity index is 2240. The van der Waals surface area contributed by atoms with Gasteiger partial charge in [0.15, 0.2) is 12.1 Å². The molecule has 3 aliphatic rings. The molecule has 0 aliphatic carbocycles. The molecule has 556 valence electrons. The van der Waals surface area contributed by atoms with Gasteiger partial charge in [-0.15, -0.1) is 0 Å². The highest BCUT2D eigenvalue weighted by atomic mass is 16.7. The predicted octanol–water partition coefficient (Wildman–Crippen LogP) is 5.53. The van der Waals surface area contributed by atoms with Gasteiger partial charge in [-0.25, -0.2) is 0 Å². The highest BCUT2D eigenvalue weighted by Gasteiger charge is 2.53. The lowest BCUT2D eigenvalue weighted by Gasteiger charge is -2.50. The van der Waals surface area contributed by atoms with E-state index < -0.39 is 170 Å². The molecule has 22 nitrogen and oxygen atoms in total. The van der Waals surface area contributed by atoms with Crippen LogP contribution in [0.15, 0.2) is 47.6 Å². The number of carbonyl (C=O) groups is 1. The molecule has 2 saturated heterocycles. The Morgan fingerprint density at radius 1 is 0.632 bits per heavy atom. The Kier molecular flexibility index (Phi) is 39.7. The Labute approximate surface area is 568 Å². The predicted molar refractivity (Wildman–Crippen MR) is 364 cm³/mol. The van der Waals surface area contributed by atoms with Crippen LogP contribution in [0.1, 0.15) is 217 Å². The molecule has 0 spiro atoms. The number of allylic oxidation sites excluding steroid dienone is 2. The zero-order valence-electron chi connectivity index (χ0n) is 59.8. The van der Waals surface area contributed by atoms with Gasteiger partial charge in [0.25, 0.3) is 0 Å². The standard InChI is InChI=1S/C73H133NO21/c1-14-42(2)21-17-23-52-35-45(5)64(86)38-55(77)26-19-29-59(81)47(7)58(80)27-16-15-22-44(4)69(88)49(9)65-40-66(94-72-71(90)68(74(12)13)70(89)51(11)93-72)50(10)73(91,95-65)41-67(87)92-46(6)32-33-56(78)36-53(75)24-18-28-60(82)48(8)61(83)34-31-43(3)63(85)39-57(79)37-54(76)25-20-30-62(52)84/h15-16,22,32-33,35,42-43,46-66,68-72,75-86,88-91H,14,17-21,23-31,34,36-41H2,1-13H3. The van der Waals surface area contributed by atoms with Gasteiger partial charge in [0.05, 0.1) is 116 Å². The first-order valence-corrected chi connectivity index (χ1v) is 36.0. The van der Waals surface area contributed by atoms with Crippen LogP contribution in [0.3, 0.4) is 0 Å². The first kappa shape index (κ1) is 86.8. The highest BCUT2D eigenvalue weighted by Crippen LogP contribution is 2.42. The molecule has 3 heterocycles. The van der Waals surface area contributed by atoms with Gasteiger partial charge < -0.3 is 106 Å². The number of esters is 1. The van der Waals surface area contributed by atoms with Crippen molar-refractivity contribution in [3.63, 3.8) is 0 Å². The summed E-state index contributed by atoms with van der Waals surface area (Å²) in [7, 11) is 3.41. The van der Waals surface area contributed by atoms with Crippen LogP contribution >= 0.6 is 0 Å². The molecule has 3 rings (SSSR count). The number of ether oxygens (including phenoxy) is 4. The molecule has 2 fully saturated rings. The van der Waals surface area contributed by atoms with Gasteiger partial charge >= 0.3 is 5.97 Å². The number of cyclic esters (lactones) is 1. The van der Waals surface area contributed by atoms with Crippen molar-refractivity contribution in [1.82, 2.24) is 4.90 Å². The summed E-state index contributed by atoms with van der Waals surface area (Å²) in [6, 6.07) is -0.776. The Morgan fingerprint density at radius 3 is 1.80 bits per heavy atom. The molecule has 16 N–H and O–H groups in total. The Balaban J connectivity index is 1.85. The van der Waals surface area contributed by atoms with Gasteiger partial charge in [-0.05, 0) is 167 Å². The molecule has 3 aliphatic heterocycles. The van der Waals surface area contributed by atoms with Crippen LogP contribution in [-0.4, -0.2) is 241 Å². The Hall–Kier alpha value is -2.37. The number of nitrogens with zero attached hydrogens (tertiary/aromatic N) is 1. The van der Waals surface area contributed by atoms with Crippen LogP contribution in [-0.2, 0) is 23.7 Å². The van der Waals surface area contributed by atoms with E-state index in [2.05, 4.69) is 13.8 Å². The number of aliphatic hydroxyl groups is 16. The number of likely N-dealkylation sites (N-methyl/N-ethyl adjacent to an activating group) is 1. The minimum Gasteiger partial charge on any atom is -0.458 e. The summed E-state index contributed by atoms with van der Waals surface area (Å²) in [6.07, 6.45) is -3.01. The molecule has 95 heavy (non-hydrogen) atoms. The number of hydrogen-bond donors (Lipinski definition) is 16. The molecule has 0 saturated carbocycles. The molecular weight excluding hydrogens is 1230 g/mol. The van der Waals surface area contributed by atoms with Crippen molar-refractivity contribution in [2.24, 2.45) is 41.4 Å². The minimum absolute atomic E-state index is 0.0118. The van der Waals surface area contributed by atoms with Gasteiger partial charge in [0, 0.05) is 48.9 Å². The second-order valence-electron chi connectivity index (χ2n) is 29.6. The Morgan fingerprint density at radius 2 is 1.20 bits per heavy atom. The van der Waals surface area contributed by atoms with E-state index in [-0.39, 0.29) is 76.0 Å². The van der Waals surface area contributed by atoms with Crippen molar-refractivity contribution in [1.29, 1.82) is 0 Å². The normalized spacial score (nSPS) is 42.5. The van der Waals surface area contributed by atoms with Crippen LogP contribution < -0.4 is 0 Å². The van der Waals surface area contributed by atoms with E-state index in [1.807, 2.05) is 13.0 Å². The van der Waals surface area contributed by atoms with Crippen molar-refractivity contribution in [3.8, 4) is 0 Å². The van der Waals surface area contributed by atoms with Crippen molar-refractivity contribution < 1.29 is 105 Å². The first-order chi connectivity index (χ1) is 44.5. The van der Waals surface area contributed by atoms with Gasteiger partial charge in [0.1, 0.15) is 12.2 Å². The van der Waals surface area contributed by atoms with Crippen molar-refractivity contribution in [3.05, 3.63) is 47.6 Å². The number of hydrogen-bond acceptors (Lipinski definition) is 22. The molecule has 29 unspecified atom stereocenters. The molecule has 22 heteroatoms. The topological polar surface area (TPSA) is 381 Å². The lowest BCUT2D eigenvalue weighted by atomic mass is 9.80. The van der Waals surface area contributed by atoms with Crippen LogP contribution in [0, 0.1) is 41.4 Å². The van der Waals surface area contributed by atoms with Crippen LogP contribution in [0.25, 0.3) is 0 Å². The van der Waals surface area contributed by atoms with Gasteiger partial charge in [-0.3, -0.25) is 4.79 Å². The van der Waals surface area contributed by atoms with E-state index in [4.69, 9.17) is 18.9 Å². The summed E-state index contributed by atoms with van der Waals surface area (Å²) >= 11 is 0. The molecule has 0 aromatic heterocycles. The van der Waals surface area contributed by atoms with E-state index in [1.165, 1.54) is 12.2 Å². The van der Waals surface area contributed by atoms with Crippen LogP contribution in [0.4, 0.5) is 0 Å². The van der Waals surface area contributed by atoms with Gasteiger partial charge in [-0.2, -0.15) is 0 Å². The maximum absolute atomic E-state index is 13.7. The number of carbonyl (C=O) groups excluding carboxylic acids is 1. The third-order valence-electron chi connectivity index (χ3n) is 21.2. The molecule has 0 radical (unpaired) electrons. The number of aliphatic hydroxyl groups excluding tert-OH is 15. The summed E-state index contributed by atoms with van der Waals surface area (Å²) in [6.45, 7) is 19.6. The molecule has 0 amide bonds. The summed E-state index contributed by atoms with van der Waals surface area (Å²) in [5.74, 6) is -5.99. The molecule has 29 atom stereocenters. The van der Waals surface area contributed by atoms with Crippen molar-refractivity contribution in [2.75, 3.05) is 14.1 Å². The highest BCUT2D eigenvalue weighted by molar-refractivity contribution is 5.71. The van der Waals surface area contributed by atoms with Crippen LogP contribution in [0.5, 0.6) is 0 Å². The van der Waals surface area contributed by atoms with Gasteiger partial charge in [-0.1, -0.05) is 98.1 Å². The summed E-state index contributed by atoms with van der Waals surface area (Å²) < 4.78 is 24.5. The van der Waals surface area contributed by atoms with E-state index in [0.29, 0.717) is 68.4 Å². The largest absolute Gasteiger partial charge is 0.458 e. The zero-order valence-corrected chi connectivity index (χ0v) is 59.8. The molecule has 0 aromatic rings. The maximum atomic E-state index is 13.7. The average Bonchev–Trinajstić information content (AvgIpc) is 0.772. The minimum atomic E-state index is -2.25. The molecular formula is C73H133NO21. The fourth-order valence-corrected chi connectivity index (χ4v) is 13.5. The quantitative estimate of drug-likeness (QED) is 0.105. The van der Waals surface area contributed by atoms with E-state index in [1.54, 1.807) is 92.6 Å². The number of rotatable bonds is 8. The SMILES string of the molecule is CCC(C)CCCC1C=C(C)C(O)CC(O)CCCC(O)C(C)C(O)CC=CC=C(C)C(O)C(C)C2CC(OC3OC(C)C(O)C(N(C)C)C3O)C(C)C(O)(CC(=O)OC(C)C=CC(O)CC(O)CCCC(O)C(C)C(O)CCC(C)C(O)CC(O)CC(O)CCCC1O)O2. The van der Waals surface area contributed by atoms with E-state index in [0.717, 1.165) is 19.3 Å². The lowest BCUT2D eigenvalue weighted by Crippen LogP contribution is -2.64. The summed E-state index contributed by atoms with van der Waals surface area (Å²) in [5.41, 5.74) is 1.12. The third kappa shape index (κ3) is 30.0. The summed E-state index contributed by atoms with van der Waals surface area (Å²) in [4.78, 5) is 15.4. The lowest BCUT2D eigenvalue weighted by molar-refractivity contribution is -0.351. The van der Waals surface area contributed by atoms with Crippen molar-refractivity contribution >= 4 is 5.97 Å². The monoisotopic (exact) mass is 1360 g/mol. The van der Waals surface area contributed by atoms with Gasteiger partial charge in [0.2, 0.25) is 0 Å². The average molecular weight is 1360 g/mol. The smallest absolute Gasteiger partial charge is 0.311 e. The fourth-order valence-electron chi connectivity index (χ4n) is 13.5. The van der Waals surface area contributed by atoms with E-state index in [9.17, 15) is 86.5 Å². The first-order valence-electron chi connectivity index (χ1n) is 36.0. The summed E-state index contributed by atoms with van der Waals surface area (Å²) in [5, 5.41) is 179. The fraction of sp³-hybridized carbons (Fsp3) is 0.877. The third-order valence-corrected chi connectivity index (χ3v) is 21.2. The van der Waals surface area contributed by atoms with Crippen molar-refractivity contribution in [2.45, 2.75) is 352 Å². The molecule has 0 aromatic carbocycles. The van der Waals surface area contributed by atoms with E-state index >= 15 is 0 Å².